The Labute approximate surface area is 82.0 Å². The van der Waals surface area contributed by atoms with Gasteiger partial charge in [-0.25, -0.2) is 0 Å². The van der Waals surface area contributed by atoms with Crippen molar-refractivity contribution >= 4 is 11.6 Å². The first-order chi connectivity index (χ1) is 5.23. The largest absolute Gasteiger partial charge is 0.119 e. The molecule has 12 heavy (non-hydrogen) atoms. The number of rotatable bonds is 3. The summed E-state index contributed by atoms with van der Waals surface area (Å²) in [5.74, 6) is 0.509. The summed E-state index contributed by atoms with van der Waals surface area (Å²) in [6.07, 6.45) is 4.30. The highest BCUT2D eigenvalue weighted by Crippen LogP contribution is 2.42. The minimum Gasteiger partial charge on any atom is -0.119 e. The molecule has 0 heterocycles. The van der Waals surface area contributed by atoms with E-state index >= 15 is 0 Å². The highest BCUT2D eigenvalue weighted by atomic mass is 35.5. The first-order valence-corrected chi connectivity index (χ1v) is 4.93. The summed E-state index contributed by atoms with van der Waals surface area (Å²) in [4.78, 5) is -0.161. The molecule has 0 aromatic carbocycles. The van der Waals surface area contributed by atoms with Crippen LogP contribution in [0.2, 0.25) is 0 Å². The van der Waals surface area contributed by atoms with Crippen LogP contribution in [-0.4, -0.2) is 4.87 Å². The van der Waals surface area contributed by atoms with E-state index in [1.807, 2.05) is 6.92 Å². The highest BCUT2D eigenvalue weighted by molar-refractivity contribution is 6.23. The Hall–Kier alpha value is 0.0300. The maximum atomic E-state index is 6.32. The van der Waals surface area contributed by atoms with Crippen molar-refractivity contribution in [3.63, 3.8) is 0 Å². The van der Waals surface area contributed by atoms with E-state index in [0.717, 1.165) is 0 Å². The summed E-state index contributed by atoms with van der Waals surface area (Å²) in [7, 11) is 0. The van der Waals surface area contributed by atoms with Gasteiger partial charge >= 0.3 is 0 Å². The molecular weight excluding hydrogens is 168 g/mol. The minimum atomic E-state index is -0.161. The Morgan fingerprint density at radius 2 is 1.58 bits per heavy atom. The van der Waals surface area contributed by atoms with Crippen molar-refractivity contribution < 1.29 is 0 Å². The van der Waals surface area contributed by atoms with Crippen molar-refractivity contribution in [2.75, 3.05) is 0 Å². The summed E-state index contributed by atoms with van der Waals surface area (Å²) in [6, 6.07) is 0. The molecule has 0 N–H and O–H groups in total. The third-order valence-electron chi connectivity index (χ3n) is 3.15. The van der Waals surface area contributed by atoms with Crippen LogP contribution in [0.5, 0.6) is 0 Å². The van der Waals surface area contributed by atoms with E-state index in [0.29, 0.717) is 5.92 Å². The van der Waals surface area contributed by atoms with Crippen molar-refractivity contribution in [1.29, 1.82) is 0 Å². The highest BCUT2D eigenvalue weighted by Gasteiger charge is 2.38. The average Bonchev–Trinajstić information content (AvgIpc) is 1.85. The van der Waals surface area contributed by atoms with Gasteiger partial charge in [-0.3, -0.25) is 0 Å². The van der Waals surface area contributed by atoms with E-state index in [1.165, 1.54) is 0 Å². The normalized spacial score (nSPS) is 16.9. The number of hydrogen-bond donors (Lipinski definition) is 0. The fourth-order valence-corrected chi connectivity index (χ4v) is 1.24. The van der Waals surface area contributed by atoms with Crippen LogP contribution in [0.15, 0.2) is 12.2 Å². The summed E-state index contributed by atoms with van der Waals surface area (Å²) < 4.78 is 0. The smallest absolute Gasteiger partial charge is 0.0447 e. The van der Waals surface area contributed by atoms with Gasteiger partial charge in [0.25, 0.3) is 0 Å². The van der Waals surface area contributed by atoms with E-state index < -0.39 is 0 Å². The lowest BCUT2D eigenvalue weighted by atomic mass is 9.71. The molecular formula is C11H21Cl. The average molecular weight is 189 g/mol. The summed E-state index contributed by atoms with van der Waals surface area (Å²) in [5.41, 5.74) is 0.126. The van der Waals surface area contributed by atoms with E-state index in [2.05, 4.69) is 46.8 Å². The fourth-order valence-electron chi connectivity index (χ4n) is 1.07. The summed E-state index contributed by atoms with van der Waals surface area (Å²) >= 11 is 6.32. The first kappa shape index (κ1) is 12.0. The third kappa shape index (κ3) is 2.52. The van der Waals surface area contributed by atoms with Gasteiger partial charge in [0.2, 0.25) is 0 Å². The zero-order valence-electron chi connectivity index (χ0n) is 9.11. The SMILES string of the molecule is C/C=C/C(C)C(C)(C)C(C)(C)Cl. The zero-order valence-corrected chi connectivity index (χ0v) is 9.87. The lowest BCUT2D eigenvalue weighted by Crippen LogP contribution is -2.38. The molecule has 0 aliphatic heterocycles. The Balaban J connectivity index is 4.61. The summed E-state index contributed by atoms with van der Waals surface area (Å²) in [6.45, 7) is 12.8. The number of hydrogen-bond acceptors (Lipinski definition) is 0. The van der Waals surface area contributed by atoms with Crippen molar-refractivity contribution in [1.82, 2.24) is 0 Å². The van der Waals surface area contributed by atoms with Gasteiger partial charge in [-0.1, -0.05) is 32.9 Å². The predicted octanol–water partition coefficient (Wildman–Crippen LogP) is 4.24. The van der Waals surface area contributed by atoms with Gasteiger partial charge in [-0.2, -0.15) is 0 Å². The molecule has 1 atom stereocenters. The minimum absolute atomic E-state index is 0.126. The standard InChI is InChI=1S/C11H21Cl/c1-7-8-9(2)10(3,4)11(5,6)12/h7-9H,1-6H3/b8-7+. The lowest BCUT2D eigenvalue weighted by molar-refractivity contribution is 0.207. The Morgan fingerprint density at radius 1 is 1.17 bits per heavy atom. The quantitative estimate of drug-likeness (QED) is 0.459. The second-order valence-corrected chi connectivity index (χ2v) is 5.45. The molecule has 0 aliphatic rings. The molecule has 0 amide bonds. The molecule has 0 aromatic heterocycles. The fraction of sp³-hybridized carbons (Fsp3) is 0.818. The van der Waals surface area contributed by atoms with Crippen LogP contribution in [0.4, 0.5) is 0 Å². The Kier molecular flexibility index (Phi) is 3.84. The molecule has 0 aromatic rings. The van der Waals surface area contributed by atoms with Gasteiger partial charge in [0, 0.05) is 4.87 Å². The molecule has 72 valence electrons. The van der Waals surface area contributed by atoms with E-state index in [9.17, 15) is 0 Å². The topological polar surface area (TPSA) is 0 Å². The third-order valence-corrected chi connectivity index (χ3v) is 3.64. The zero-order chi connectivity index (χ0) is 9.99. The van der Waals surface area contributed by atoms with Crippen LogP contribution in [0.25, 0.3) is 0 Å². The molecule has 1 heteroatoms. The number of halogens is 1. The van der Waals surface area contributed by atoms with Gasteiger partial charge in [-0.05, 0) is 32.1 Å². The predicted molar refractivity (Wildman–Crippen MR) is 57.7 cm³/mol. The van der Waals surface area contributed by atoms with Crippen LogP contribution in [0.1, 0.15) is 41.5 Å². The van der Waals surface area contributed by atoms with Crippen LogP contribution in [0, 0.1) is 11.3 Å². The van der Waals surface area contributed by atoms with Crippen molar-refractivity contribution in [3.8, 4) is 0 Å². The van der Waals surface area contributed by atoms with Crippen molar-refractivity contribution in [2.24, 2.45) is 11.3 Å². The Morgan fingerprint density at radius 3 is 1.83 bits per heavy atom. The van der Waals surface area contributed by atoms with Gasteiger partial charge in [0.15, 0.2) is 0 Å². The maximum absolute atomic E-state index is 6.32. The van der Waals surface area contributed by atoms with Crippen molar-refractivity contribution in [2.45, 2.75) is 46.4 Å². The summed E-state index contributed by atoms with van der Waals surface area (Å²) in [5, 5.41) is 0. The number of alkyl halides is 1. The molecule has 0 aliphatic carbocycles. The molecule has 0 bridgehead atoms. The number of allylic oxidation sites excluding steroid dienone is 2. The molecule has 0 saturated carbocycles. The molecule has 0 saturated heterocycles. The molecule has 0 spiro atoms. The van der Waals surface area contributed by atoms with Crippen LogP contribution in [-0.2, 0) is 0 Å². The molecule has 1 unspecified atom stereocenters. The lowest BCUT2D eigenvalue weighted by Gasteiger charge is -2.40. The van der Waals surface area contributed by atoms with Crippen LogP contribution >= 0.6 is 11.6 Å². The first-order valence-electron chi connectivity index (χ1n) is 4.55. The second kappa shape index (κ2) is 3.83. The van der Waals surface area contributed by atoms with Crippen LogP contribution in [0.3, 0.4) is 0 Å². The molecule has 0 nitrogen and oxygen atoms in total. The van der Waals surface area contributed by atoms with Crippen molar-refractivity contribution in [3.05, 3.63) is 12.2 Å². The maximum Gasteiger partial charge on any atom is 0.0447 e. The molecule has 0 radical (unpaired) electrons. The van der Waals surface area contributed by atoms with Gasteiger partial charge < -0.3 is 0 Å². The van der Waals surface area contributed by atoms with E-state index in [4.69, 9.17) is 11.6 Å². The van der Waals surface area contributed by atoms with Gasteiger partial charge in [0.1, 0.15) is 0 Å². The van der Waals surface area contributed by atoms with Gasteiger partial charge in [-0.15, -0.1) is 11.6 Å². The monoisotopic (exact) mass is 188 g/mol. The van der Waals surface area contributed by atoms with E-state index in [1.54, 1.807) is 0 Å². The Bertz CT molecular complexity index is 160. The van der Waals surface area contributed by atoms with E-state index in [-0.39, 0.29) is 10.3 Å². The molecule has 0 rings (SSSR count). The second-order valence-electron chi connectivity index (χ2n) is 4.51. The van der Waals surface area contributed by atoms with Crippen LogP contribution < -0.4 is 0 Å². The molecule has 0 fully saturated rings. The van der Waals surface area contributed by atoms with Gasteiger partial charge in [0.05, 0.1) is 0 Å².